The standard InChI is InChI=1S/C21H19N3O6S/c1-12-3-6-14(7-4-12)20(28)30-16-9-13(5-8-15(16)29-2)11-22-24-21-23-19(27)17(31-21)10-18(25)26/h3-9,11,17H,10H2,1-2H3,(H,25,26)(H,23,24,27)/b22-11-/t17-/m1/s1. The number of carboxylic acids is 1. The number of amidine groups is 1. The second kappa shape index (κ2) is 9.90. The average Bonchev–Trinajstić information content (AvgIpc) is 3.07. The van der Waals surface area contributed by atoms with Crippen LogP contribution in [-0.2, 0) is 9.59 Å². The lowest BCUT2D eigenvalue weighted by Gasteiger charge is -2.10. The van der Waals surface area contributed by atoms with Crippen molar-refractivity contribution in [2.75, 3.05) is 7.11 Å². The van der Waals surface area contributed by atoms with E-state index in [2.05, 4.69) is 15.5 Å². The predicted molar refractivity (Wildman–Crippen MR) is 116 cm³/mol. The molecule has 0 saturated carbocycles. The van der Waals surface area contributed by atoms with Gasteiger partial charge in [-0.1, -0.05) is 29.5 Å². The number of carboxylic acid groups (broad SMARTS) is 1. The lowest BCUT2D eigenvalue weighted by atomic mass is 10.1. The van der Waals surface area contributed by atoms with E-state index in [-0.39, 0.29) is 17.3 Å². The molecule has 1 aliphatic rings. The number of esters is 1. The summed E-state index contributed by atoms with van der Waals surface area (Å²) in [6, 6.07) is 11.9. The normalized spacial score (nSPS) is 17.0. The molecule has 1 amide bonds. The summed E-state index contributed by atoms with van der Waals surface area (Å²) in [5, 5.41) is 18.6. The highest BCUT2D eigenvalue weighted by Gasteiger charge is 2.32. The smallest absolute Gasteiger partial charge is 0.343 e. The monoisotopic (exact) mass is 441 g/mol. The van der Waals surface area contributed by atoms with Gasteiger partial charge >= 0.3 is 11.9 Å². The highest BCUT2D eigenvalue weighted by molar-refractivity contribution is 8.15. The molecule has 0 bridgehead atoms. The van der Waals surface area contributed by atoms with Gasteiger partial charge in [0.05, 0.1) is 25.3 Å². The fourth-order valence-electron chi connectivity index (χ4n) is 2.59. The molecule has 1 aliphatic heterocycles. The number of carbonyl (C=O) groups is 3. The average molecular weight is 441 g/mol. The van der Waals surface area contributed by atoms with Crippen molar-refractivity contribution < 1.29 is 29.0 Å². The van der Waals surface area contributed by atoms with Gasteiger partial charge in [-0.3, -0.25) is 9.59 Å². The maximum absolute atomic E-state index is 12.4. The number of nitrogens with one attached hydrogen (secondary N) is 1. The van der Waals surface area contributed by atoms with Crippen LogP contribution in [0.4, 0.5) is 0 Å². The first-order valence-corrected chi connectivity index (χ1v) is 10.0. The number of aliphatic carboxylic acids is 1. The van der Waals surface area contributed by atoms with Gasteiger partial charge in [0.1, 0.15) is 5.25 Å². The second-order valence-electron chi connectivity index (χ2n) is 6.51. The number of hydrogen-bond donors (Lipinski definition) is 2. The van der Waals surface area contributed by atoms with E-state index in [1.165, 1.54) is 13.3 Å². The zero-order chi connectivity index (χ0) is 22.4. The van der Waals surface area contributed by atoms with Crippen molar-refractivity contribution >= 4 is 41.0 Å². The topological polar surface area (TPSA) is 127 Å². The number of rotatable bonds is 7. The Morgan fingerprint density at radius 2 is 1.94 bits per heavy atom. The summed E-state index contributed by atoms with van der Waals surface area (Å²) in [5.41, 5.74) is 2.01. The van der Waals surface area contributed by atoms with Crippen molar-refractivity contribution in [1.82, 2.24) is 5.32 Å². The lowest BCUT2D eigenvalue weighted by Crippen LogP contribution is -2.26. The Kier molecular flexibility index (Phi) is 7.03. The van der Waals surface area contributed by atoms with Gasteiger partial charge in [0, 0.05) is 0 Å². The second-order valence-corrected chi connectivity index (χ2v) is 7.70. The van der Waals surface area contributed by atoms with Crippen LogP contribution >= 0.6 is 11.8 Å². The van der Waals surface area contributed by atoms with Crippen LogP contribution < -0.4 is 14.8 Å². The Balaban J connectivity index is 1.71. The van der Waals surface area contributed by atoms with Gasteiger partial charge in [-0.05, 0) is 42.8 Å². The lowest BCUT2D eigenvalue weighted by molar-refractivity contribution is -0.138. The quantitative estimate of drug-likeness (QED) is 0.293. The van der Waals surface area contributed by atoms with Crippen molar-refractivity contribution in [1.29, 1.82) is 0 Å². The molecule has 0 spiro atoms. The minimum atomic E-state index is -1.07. The maximum Gasteiger partial charge on any atom is 0.343 e. The molecule has 31 heavy (non-hydrogen) atoms. The Morgan fingerprint density at radius 1 is 1.19 bits per heavy atom. The predicted octanol–water partition coefficient (Wildman–Crippen LogP) is 2.62. The molecule has 10 heteroatoms. The summed E-state index contributed by atoms with van der Waals surface area (Å²) < 4.78 is 10.7. The minimum absolute atomic E-state index is 0.215. The van der Waals surface area contributed by atoms with Gasteiger partial charge in [0.25, 0.3) is 0 Å². The highest BCUT2D eigenvalue weighted by atomic mass is 32.2. The van der Waals surface area contributed by atoms with Gasteiger partial charge in [-0.15, -0.1) is 5.10 Å². The van der Waals surface area contributed by atoms with Crippen molar-refractivity contribution in [2.24, 2.45) is 10.2 Å². The van der Waals surface area contributed by atoms with Crippen molar-refractivity contribution in [2.45, 2.75) is 18.6 Å². The number of nitrogens with zero attached hydrogens (tertiary/aromatic N) is 2. The molecule has 1 atom stereocenters. The third kappa shape index (κ3) is 5.92. The number of ether oxygens (including phenoxy) is 2. The molecule has 2 aromatic carbocycles. The minimum Gasteiger partial charge on any atom is -0.493 e. The summed E-state index contributed by atoms with van der Waals surface area (Å²) >= 11 is 1.00. The third-order valence-electron chi connectivity index (χ3n) is 4.17. The first kappa shape index (κ1) is 22.0. The Labute approximate surface area is 182 Å². The van der Waals surface area contributed by atoms with Gasteiger partial charge < -0.3 is 19.9 Å². The maximum atomic E-state index is 12.4. The van der Waals surface area contributed by atoms with Crippen molar-refractivity contribution in [3.8, 4) is 11.5 Å². The Bertz CT molecular complexity index is 1070. The molecule has 1 saturated heterocycles. The van der Waals surface area contributed by atoms with Crippen LogP contribution in [0.1, 0.15) is 27.9 Å². The van der Waals surface area contributed by atoms with Crippen LogP contribution in [0.15, 0.2) is 52.7 Å². The molecular weight excluding hydrogens is 422 g/mol. The van der Waals surface area contributed by atoms with Crippen LogP contribution in [0.2, 0.25) is 0 Å². The molecule has 9 nitrogen and oxygen atoms in total. The van der Waals surface area contributed by atoms with Crippen LogP contribution in [0.5, 0.6) is 11.5 Å². The van der Waals surface area contributed by atoms with Crippen LogP contribution in [0.25, 0.3) is 0 Å². The molecule has 160 valence electrons. The van der Waals surface area contributed by atoms with Gasteiger partial charge in [-0.2, -0.15) is 5.10 Å². The van der Waals surface area contributed by atoms with Crippen LogP contribution in [0.3, 0.4) is 0 Å². The largest absolute Gasteiger partial charge is 0.493 e. The molecule has 0 unspecified atom stereocenters. The summed E-state index contributed by atoms with van der Waals surface area (Å²) in [6.45, 7) is 1.92. The number of thioether (sulfide) groups is 1. The number of amides is 1. The van der Waals surface area contributed by atoms with Gasteiger partial charge in [0.15, 0.2) is 16.7 Å². The van der Waals surface area contributed by atoms with Crippen molar-refractivity contribution in [3.05, 3.63) is 59.2 Å². The molecule has 0 aromatic heterocycles. The molecule has 1 heterocycles. The third-order valence-corrected chi connectivity index (χ3v) is 5.24. The van der Waals surface area contributed by atoms with Crippen LogP contribution in [0, 0.1) is 6.92 Å². The Morgan fingerprint density at radius 3 is 2.61 bits per heavy atom. The number of carbonyl (C=O) groups excluding carboxylic acids is 2. The van der Waals surface area contributed by atoms with E-state index in [0.717, 1.165) is 17.3 Å². The van der Waals surface area contributed by atoms with Gasteiger partial charge in [0.2, 0.25) is 5.91 Å². The molecule has 0 radical (unpaired) electrons. The molecule has 1 fully saturated rings. The molecule has 2 aromatic rings. The van der Waals surface area contributed by atoms with E-state index < -0.39 is 23.1 Å². The fourth-order valence-corrected chi connectivity index (χ4v) is 3.51. The molecule has 3 rings (SSSR count). The Hall–Kier alpha value is -3.66. The molecule has 0 aliphatic carbocycles. The summed E-state index contributed by atoms with van der Waals surface area (Å²) in [7, 11) is 1.46. The van der Waals surface area contributed by atoms with Gasteiger partial charge in [-0.25, -0.2) is 4.79 Å². The number of hydrogen-bond acceptors (Lipinski definition) is 8. The van der Waals surface area contributed by atoms with E-state index >= 15 is 0 Å². The molecular formula is C21H19N3O6S. The van der Waals surface area contributed by atoms with E-state index in [0.29, 0.717) is 16.9 Å². The number of benzene rings is 2. The van der Waals surface area contributed by atoms with E-state index in [9.17, 15) is 14.4 Å². The van der Waals surface area contributed by atoms with Crippen LogP contribution in [-0.4, -0.2) is 46.7 Å². The molecule has 2 N–H and O–H groups in total. The first-order valence-electron chi connectivity index (χ1n) is 9.13. The summed E-state index contributed by atoms with van der Waals surface area (Å²) in [6.07, 6.45) is 1.11. The number of methoxy groups -OCH3 is 1. The van der Waals surface area contributed by atoms with Crippen molar-refractivity contribution in [3.63, 3.8) is 0 Å². The highest BCUT2D eigenvalue weighted by Crippen LogP contribution is 2.28. The van der Waals surface area contributed by atoms with E-state index in [1.54, 1.807) is 30.3 Å². The first-order chi connectivity index (χ1) is 14.9. The SMILES string of the molecule is COc1ccc(/C=N\N=C2NC(=O)[C@@H](CC(=O)O)S2)cc1OC(=O)c1ccc(C)cc1. The zero-order valence-electron chi connectivity index (χ0n) is 16.7. The zero-order valence-corrected chi connectivity index (χ0v) is 17.5. The summed E-state index contributed by atoms with van der Waals surface area (Å²) in [4.78, 5) is 34.9. The van der Waals surface area contributed by atoms with E-state index in [4.69, 9.17) is 14.6 Å². The summed E-state index contributed by atoms with van der Waals surface area (Å²) in [5.74, 6) is -1.42. The fraction of sp³-hybridized carbons (Fsp3) is 0.190. The number of aryl methyl sites for hydroxylation is 1. The van der Waals surface area contributed by atoms with E-state index in [1.807, 2.05) is 19.1 Å².